The van der Waals surface area contributed by atoms with Gasteiger partial charge in [-0.25, -0.2) is 4.98 Å². The van der Waals surface area contributed by atoms with Crippen molar-refractivity contribution in [1.82, 2.24) is 4.98 Å². The first kappa shape index (κ1) is 14.2. The number of nitrogens with zero attached hydrogens (tertiary/aromatic N) is 2. The lowest BCUT2D eigenvalue weighted by Crippen LogP contribution is -2.12. The Balaban J connectivity index is 2.19. The summed E-state index contributed by atoms with van der Waals surface area (Å²) >= 11 is 0. The average molecular weight is 271 g/mol. The zero-order valence-corrected chi connectivity index (χ0v) is 12.4. The van der Waals surface area contributed by atoms with Gasteiger partial charge in [-0.15, -0.1) is 0 Å². The van der Waals surface area contributed by atoms with Gasteiger partial charge in [0.2, 0.25) is 0 Å². The Bertz CT molecular complexity index is 569. The van der Waals surface area contributed by atoms with Gasteiger partial charge in [0, 0.05) is 37.6 Å². The molecule has 0 saturated heterocycles. The van der Waals surface area contributed by atoms with E-state index in [-0.39, 0.29) is 6.04 Å². The second-order valence-corrected chi connectivity index (χ2v) is 4.90. The predicted molar refractivity (Wildman–Crippen MR) is 83.6 cm³/mol. The summed E-state index contributed by atoms with van der Waals surface area (Å²) < 4.78 is 5.40. The summed E-state index contributed by atoms with van der Waals surface area (Å²) in [4.78, 5) is 6.42. The molecule has 1 heterocycles. The summed E-state index contributed by atoms with van der Waals surface area (Å²) in [6.07, 6.45) is 1.81. The molecule has 4 nitrogen and oxygen atoms in total. The van der Waals surface area contributed by atoms with E-state index in [1.54, 1.807) is 7.11 Å². The van der Waals surface area contributed by atoms with Crippen molar-refractivity contribution in [2.45, 2.75) is 13.0 Å². The molecule has 0 aliphatic carbocycles. The van der Waals surface area contributed by atoms with Crippen molar-refractivity contribution in [2.75, 3.05) is 31.4 Å². The molecule has 1 aromatic heterocycles. The number of anilines is 2. The number of pyridine rings is 1. The molecule has 0 fully saturated rings. The zero-order valence-electron chi connectivity index (χ0n) is 12.4. The molecule has 1 N–H and O–H groups in total. The Morgan fingerprint density at radius 1 is 1.20 bits per heavy atom. The minimum atomic E-state index is 0.121. The van der Waals surface area contributed by atoms with Crippen molar-refractivity contribution >= 4 is 11.5 Å². The van der Waals surface area contributed by atoms with Gasteiger partial charge in [-0.05, 0) is 19.1 Å². The number of benzene rings is 1. The SMILES string of the molecule is COc1ccccc1C(C)Nc1cc(N(C)C)ccn1. The molecule has 2 rings (SSSR count). The van der Waals surface area contributed by atoms with E-state index in [2.05, 4.69) is 28.2 Å². The highest BCUT2D eigenvalue weighted by molar-refractivity contribution is 5.54. The van der Waals surface area contributed by atoms with E-state index in [4.69, 9.17) is 4.74 Å². The highest BCUT2D eigenvalue weighted by Gasteiger charge is 2.11. The number of para-hydroxylation sites is 1. The standard InChI is InChI=1S/C16H21N3O/c1-12(14-7-5-6-8-15(14)20-4)18-16-11-13(19(2)3)9-10-17-16/h5-12H,1-4H3,(H,17,18). The van der Waals surface area contributed by atoms with E-state index >= 15 is 0 Å². The molecule has 0 bridgehead atoms. The Kier molecular flexibility index (Phi) is 4.45. The maximum atomic E-state index is 5.40. The van der Waals surface area contributed by atoms with Crippen LogP contribution in [0, 0.1) is 0 Å². The van der Waals surface area contributed by atoms with Gasteiger partial charge in [0.05, 0.1) is 13.2 Å². The maximum Gasteiger partial charge on any atom is 0.128 e. The fraction of sp³-hybridized carbons (Fsp3) is 0.312. The lowest BCUT2D eigenvalue weighted by atomic mass is 10.1. The zero-order chi connectivity index (χ0) is 14.5. The van der Waals surface area contributed by atoms with Gasteiger partial charge in [0.1, 0.15) is 11.6 Å². The molecule has 0 radical (unpaired) electrons. The van der Waals surface area contributed by atoms with Crippen LogP contribution in [0.15, 0.2) is 42.6 Å². The van der Waals surface area contributed by atoms with E-state index in [1.165, 1.54) is 0 Å². The molecule has 0 amide bonds. The lowest BCUT2D eigenvalue weighted by molar-refractivity contribution is 0.408. The normalized spacial score (nSPS) is 11.8. The highest BCUT2D eigenvalue weighted by Crippen LogP contribution is 2.27. The molecule has 1 unspecified atom stereocenters. The van der Waals surface area contributed by atoms with Crippen LogP contribution in [0.4, 0.5) is 11.5 Å². The smallest absolute Gasteiger partial charge is 0.128 e. The van der Waals surface area contributed by atoms with Crippen LogP contribution in [-0.2, 0) is 0 Å². The maximum absolute atomic E-state index is 5.40. The largest absolute Gasteiger partial charge is 0.496 e. The third-order valence-corrected chi connectivity index (χ3v) is 3.23. The first-order valence-electron chi connectivity index (χ1n) is 6.64. The van der Waals surface area contributed by atoms with Crippen LogP contribution in [-0.4, -0.2) is 26.2 Å². The van der Waals surface area contributed by atoms with Crippen LogP contribution in [0.1, 0.15) is 18.5 Å². The van der Waals surface area contributed by atoms with Crippen LogP contribution < -0.4 is 15.0 Å². The van der Waals surface area contributed by atoms with Crippen molar-refractivity contribution in [3.63, 3.8) is 0 Å². The van der Waals surface area contributed by atoms with Gasteiger partial charge >= 0.3 is 0 Å². The average Bonchev–Trinajstić information content (AvgIpc) is 2.47. The van der Waals surface area contributed by atoms with E-state index < -0.39 is 0 Å². The van der Waals surface area contributed by atoms with Gasteiger partial charge < -0.3 is 15.0 Å². The third kappa shape index (κ3) is 3.20. The molecule has 20 heavy (non-hydrogen) atoms. The molecule has 0 aliphatic heterocycles. The van der Waals surface area contributed by atoms with Crippen molar-refractivity contribution < 1.29 is 4.74 Å². The Morgan fingerprint density at radius 2 is 1.95 bits per heavy atom. The van der Waals surface area contributed by atoms with Crippen molar-refractivity contribution in [1.29, 1.82) is 0 Å². The van der Waals surface area contributed by atoms with Crippen molar-refractivity contribution in [3.05, 3.63) is 48.2 Å². The summed E-state index contributed by atoms with van der Waals surface area (Å²) in [5.41, 5.74) is 2.24. The van der Waals surface area contributed by atoms with Gasteiger partial charge in [-0.3, -0.25) is 0 Å². The van der Waals surface area contributed by atoms with Gasteiger partial charge in [0.25, 0.3) is 0 Å². The summed E-state index contributed by atoms with van der Waals surface area (Å²) in [6.45, 7) is 2.10. The Hall–Kier alpha value is -2.23. The molecule has 1 aromatic carbocycles. The van der Waals surface area contributed by atoms with E-state index in [0.717, 1.165) is 22.8 Å². The first-order valence-corrected chi connectivity index (χ1v) is 6.64. The number of ether oxygens (including phenoxy) is 1. The molecule has 0 saturated carbocycles. The Morgan fingerprint density at radius 3 is 2.65 bits per heavy atom. The molecular formula is C16H21N3O. The quantitative estimate of drug-likeness (QED) is 0.905. The van der Waals surface area contributed by atoms with E-state index in [0.29, 0.717) is 0 Å². The fourth-order valence-corrected chi connectivity index (χ4v) is 2.10. The first-order chi connectivity index (χ1) is 9.61. The van der Waals surface area contributed by atoms with Crippen molar-refractivity contribution in [2.24, 2.45) is 0 Å². The number of methoxy groups -OCH3 is 1. The molecule has 106 valence electrons. The van der Waals surface area contributed by atoms with Crippen molar-refractivity contribution in [3.8, 4) is 5.75 Å². The number of nitrogens with one attached hydrogen (secondary N) is 1. The second kappa shape index (κ2) is 6.28. The molecular weight excluding hydrogens is 250 g/mol. The van der Waals surface area contributed by atoms with E-state index in [9.17, 15) is 0 Å². The molecule has 4 heteroatoms. The summed E-state index contributed by atoms with van der Waals surface area (Å²) in [5.74, 6) is 1.74. The van der Waals surface area contributed by atoms with Crippen LogP contribution in [0.25, 0.3) is 0 Å². The molecule has 1 atom stereocenters. The lowest BCUT2D eigenvalue weighted by Gasteiger charge is -2.19. The summed E-state index contributed by atoms with van der Waals surface area (Å²) in [7, 11) is 5.72. The molecule has 2 aromatic rings. The highest BCUT2D eigenvalue weighted by atomic mass is 16.5. The summed E-state index contributed by atoms with van der Waals surface area (Å²) in [6, 6.07) is 12.2. The Labute approximate surface area is 120 Å². The van der Waals surface area contributed by atoms with Crippen LogP contribution in [0.5, 0.6) is 5.75 Å². The summed E-state index contributed by atoms with van der Waals surface area (Å²) in [5, 5.41) is 3.41. The molecule has 0 aliphatic rings. The fourth-order valence-electron chi connectivity index (χ4n) is 2.10. The van der Waals surface area contributed by atoms with E-state index in [1.807, 2.05) is 50.6 Å². The van der Waals surface area contributed by atoms with Gasteiger partial charge in [0.15, 0.2) is 0 Å². The number of rotatable bonds is 5. The van der Waals surface area contributed by atoms with Crippen LogP contribution in [0.3, 0.4) is 0 Å². The monoisotopic (exact) mass is 271 g/mol. The number of aromatic nitrogens is 1. The number of hydrogen-bond acceptors (Lipinski definition) is 4. The third-order valence-electron chi connectivity index (χ3n) is 3.23. The van der Waals surface area contributed by atoms with Gasteiger partial charge in [-0.1, -0.05) is 18.2 Å². The van der Waals surface area contributed by atoms with Crippen LogP contribution in [0.2, 0.25) is 0 Å². The topological polar surface area (TPSA) is 37.4 Å². The predicted octanol–water partition coefficient (Wildman–Crippen LogP) is 3.33. The molecule has 0 spiro atoms. The minimum absolute atomic E-state index is 0.121. The minimum Gasteiger partial charge on any atom is -0.496 e. The van der Waals surface area contributed by atoms with Gasteiger partial charge in [-0.2, -0.15) is 0 Å². The number of hydrogen-bond donors (Lipinski definition) is 1. The second-order valence-electron chi connectivity index (χ2n) is 4.90. The van der Waals surface area contributed by atoms with Crippen LogP contribution >= 0.6 is 0 Å².